The predicted octanol–water partition coefficient (Wildman–Crippen LogP) is 3.65. The highest BCUT2D eigenvalue weighted by Gasteiger charge is 2.08. The van der Waals surface area contributed by atoms with Crippen molar-refractivity contribution in [2.75, 3.05) is 5.32 Å². The zero-order valence-corrected chi connectivity index (χ0v) is 9.88. The summed E-state index contributed by atoms with van der Waals surface area (Å²) in [6.45, 7) is 1.87. The highest BCUT2D eigenvalue weighted by molar-refractivity contribution is 6.05. The summed E-state index contributed by atoms with van der Waals surface area (Å²) in [5, 5.41) is 5.56. The number of hydrogen-bond acceptors (Lipinski definition) is 3. The van der Waals surface area contributed by atoms with Crippen LogP contribution in [0, 0.1) is 11.8 Å². The molecule has 0 saturated carbocycles. The van der Waals surface area contributed by atoms with Crippen LogP contribution in [-0.4, -0.2) is 5.91 Å². The van der Waals surface area contributed by atoms with Gasteiger partial charge in [-0.25, -0.2) is 0 Å². The SMILES string of the molecule is Cc1ccccc1C(=O)Nc1cccc(N=O)c1. The molecule has 1 amide bonds. The van der Waals surface area contributed by atoms with Gasteiger partial charge in [0.05, 0.1) is 0 Å². The van der Waals surface area contributed by atoms with Gasteiger partial charge in [0, 0.05) is 11.3 Å². The standard InChI is InChI=1S/C14H12N2O2/c1-10-5-2-3-8-13(10)14(17)15-11-6-4-7-12(9-11)16-18/h2-9H,1H3,(H,15,17). The molecule has 2 aromatic rings. The highest BCUT2D eigenvalue weighted by Crippen LogP contribution is 2.18. The van der Waals surface area contributed by atoms with Gasteiger partial charge in [-0.15, -0.1) is 4.91 Å². The Labute approximate surface area is 105 Å². The zero-order chi connectivity index (χ0) is 13.0. The molecule has 0 aromatic heterocycles. The number of carbonyl (C=O) groups is 1. The quantitative estimate of drug-likeness (QED) is 0.832. The monoisotopic (exact) mass is 240 g/mol. The minimum absolute atomic E-state index is 0.198. The number of hydrogen-bond donors (Lipinski definition) is 1. The molecule has 2 aromatic carbocycles. The molecule has 0 saturated heterocycles. The van der Waals surface area contributed by atoms with E-state index in [-0.39, 0.29) is 11.6 Å². The van der Waals surface area contributed by atoms with E-state index in [1.165, 1.54) is 6.07 Å². The topological polar surface area (TPSA) is 58.5 Å². The van der Waals surface area contributed by atoms with Crippen molar-refractivity contribution in [2.45, 2.75) is 6.92 Å². The Kier molecular flexibility index (Phi) is 3.48. The van der Waals surface area contributed by atoms with Gasteiger partial charge in [-0.1, -0.05) is 24.3 Å². The van der Waals surface area contributed by atoms with E-state index in [4.69, 9.17) is 0 Å². The van der Waals surface area contributed by atoms with E-state index in [0.717, 1.165) is 5.56 Å². The van der Waals surface area contributed by atoms with Gasteiger partial charge in [-0.3, -0.25) is 4.79 Å². The number of aryl methyl sites for hydroxylation is 1. The summed E-state index contributed by atoms with van der Waals surface area (Å²) in [6, 6.07) is 13.8. The Morgan fingerprint density at radius 3 is 2.61 bits per heavy atom. The van der Waals surface area contributed by atoms with Crippen LogP contribution in [-0.2, 0) is 0 Å². The fourth-order valence-electron chi connectivity index (χ4n) is 1.67. The van der Waals surface area contributed by atoms with Crippen molar-refractivity contribution in [2.24, 2.45) is 5.18 Å². The van der Waals surface area contributed by atoms with Crippen molar-refractivity contribution in [1.29, 1.82) is 0 Å². The van der Waals surface area contributed by atoms with Crippen LogP contribution in [0.4, 0.5) is 11.4 Å². The molecular weight excluding hydrogens is 228 g/mol. The maximum Gasteiger partial charge on any atom is 0.255 e. The number of rotatable bonds is 3. The van der Waals surface area contributed by atoms with E-state index in [0.29, 0.717) is 11.3 Å². The normalized spacial score (nSPS) is 9.83. The molecule has 90 valence electrons. The van der Waals surface area contributed by atoms with E-state index in [9.17, 15) is 9.70 Å². The fourth-order valence-corrected chi connectivity index (χ4v) is 1.67. The molecular formula is C14H12N2O2. The molecule has 4 heteroatoms. The second-order valence-corrected chi connectivity index (χ2v) is 3.91. The highest BCUT2D eigenvalue weighted by atomic mass is 16.3. The molecule has 0 aliphatic carbocycles. The summed E-state index contributed by atoms with van der Waals surface area (Å²) in [7, 11) is 0. The lowest BCUT2D eigenvalue weighted by Crippen LogP contribution is -2.13. The number of carbonyl (C=O) groups excluding carboxylic acids is 1. The van der Waals surface area contributed by atoms with Gasteiger partial charge in [0.25, 0.3) is 5.91 Å². The van der Waals surface area contributed by atoms with E-state index in [1.807, 2.05) is 25.1 Å². The summed E-state index contributed by atoms with van der Waals surface area (Å²) < 4.78 is 0. The van der Waals surface area contributed by atoms with Crippen molar-refractivity contribution < 1.29 is 4.79 Å². The van der Waals surface area contributed by atoms with Crippen molar-refractivity contribution in [3.63, 3.8) is 0 Å². The molecule has 0 unspecified atom stereocenters. The molecule has 0 fully saturated rings. The molecule has 1 N–H and O–H groups in total. The number of amides is 1. The van der Waals surface area contributed by atoms with Crippen LogP contribution < -0.4 is 5.32 Å². The molecule has 0 aliphatic rings. The third-order valence-corrected chi connectivity index (χ3v) is 2.60. The van der Waals surface area contributed by atoms with E-state index in [1.54, 1.807) is 24.3 Å². The summed E-state index contributed by atoms with van der Waals surface area (Å²) in [5.41, 5.74) is 2.36. The van der Waals surface area contributed by atoms with Crippen LogP contribution in [0.3, 0.4) is 0 Å². The van der Waals surface area contributed by atoms with Crippen molar-refractivity contribution in [3.05, 3.63) is 64.6 Å². The molecule has 18 heavy (non-hydrogen) atoms. The van der Waals surface area contributed by atoms with Crippen LogP contribution in [0.15, 0.2) is 53.7 Å². The van der Waals surface area contributed by atoms with Crippen LogP contribution in [0.5, 0.6) is 0 Å². The third kappa shape index (κ3) is 2.60. The second-order valence-electron chi connectivity index (χ2n) is 3.91. The number of nitrogens with zero attached hydrogens (tertiary/aromatic N) is 1. The number of anilines is 1. The minimum Gasteiger partial charge on any atom is -0.322 e. The maximum atomic E-state index is 12.0. The lowest BCUT2D eigenvalue weighted by Gasteiger charge is -2.07. The molecule has 0 radical (unpaired) electrons. The summed E-state index contributed by atoms with van der Waals surface area (Å²) in [4.78, 5) is 22.4. The zero-order valence-electron chi connectivity index (χ0n) is 9.88. The van der Waals surface area contributed by atoms with Crippen LogP contribution in [0.1, 0.15) is 15.9 Å². The lowest BCUT2D eigenvalue weighted by atomic mass is 10.1. The van der Waals surface area contributed by atoms with Crippen molar-refractivity contribution >= 4 is 17.3 Å². The van der Waals surface area contributed by atoms with Crippen molar-refractivity contribution in [3.8, 4) is 0 Å². The van der Waals surface area contributed by atoms with Gasteiger partial charge in [0.2, 0.25) is 0 Å². The first-order valence-electron chi connectivity index (χ1n) is 5.51. The van der Waals surface area contributed by atoms with Gasteiger partial charge in [0.15, 0.2) is 0 Å². The third-order valence-electron chi connectivity index (χ3n) is 2.60. The molecule has 4 nitrogen and oxygen atoms in total. The first-order valence-corrected chi connectivity index (χ1v) is 5.51. The first kappa shape index (κ1) is 12.0. The smallest absolute Gasteiger partial charge is 0.255 e. The maximum absolute atomic E-state index is 12.0. The molecule has 0 atom stereocenters. The summed E-state index contributed by atoms with van der Waals surface area (Å²) >= 11 is 0. The Morgan fingerprint density at radius 1 is 1.11 bits per heavy atom. The van der Waals surface area contributed by atoms with E-state index >= 15 is 0 Å². The summed E-state index contributed by atoms with van der Waals surface area (Å²) in [5.74, 6) is -0.198. The predicted molar refractivity (Wildman–Crippen MR) is 71.0 cm³/mol. The van der Waals surface area contributed by atoms with Gasteiger partial charge in [-0.05, 0) is 41.9 Å². The van der Waals surface area contributed by atoms with Gasteiger partial charge in [0.1, 0.15) is 5.69 Å². The van der Waals surface area contributed by atoms with Crippen LogP contribution in [0.2, 0.25) is 0 Å². The second kappa shape index (κ2) is 5.23. The Bertz CT molecular complexity index is 594. The summed E-state index contributed by atoms with van der Waals surface area (Å²) in [6.07, 6.45) is 0. The van der Waals surface area contributed by atoms with Crippen LogP contribution >= 0.6 is 0 Å². The minimum atomic E-state index is -0.198. The first-order chi connectivity index (χ1) is 8.70. The largest absolute Gasteiger partial charge is 0.322 e. The van der Waals surface area contributed by atoms with Gasteiger partial charge in [-0.2, -0.15) is 0 Å². The van der Waals surface area contributed by atoms with E-state index < -0.39 is 0 Å². The fraction of sp³-hybridized carbons (Fsp3) is 0.0714. The number of nitrogens with one attached hydrogen (secondary N) is 1. The number of benzene rings is 2. The average Bonchev–Trinajstić information content (AvgIpc) is 2.39. The van der Waals surface area contributed by atoms with Gasteiger partial charge >= 0.3 is 0 Å². The molecule has 0 bridgehead atoms. The molecule has 0 aliphatic heterocycles. The van der Waals surface area contributed by atoms with E-state index in [2.05, 4.69) is 10.5 Å². The average molecular weight is 240 g/mol. The molecule has 2 rings (SSSR count). The number of nitroso groups, excluding NO2 is 1. The van der Waals surface area contributed by atoms with Crippen LogP contribution in [0.25, 0.3) is 0 Å². The van der Waals surface area contributed by atoms with Gasteiger partial charge < -0.3 is 5.32 Å². The Morgan fingerprint density at radius 2 is 1.89 bits per heavy atom. The lowest BCUT2D eigenvalue weighted by molar-refractivity contribution is 0.102. The molecule has 0 spiro atoms. The van der Waals surface area contributed by atoms with Crippen molar-refractivity contribution in [1.82, 2.24) is 0 Å². The Balaban J connectivity index is 2.21. The Hall–Kier alpha value is -2.49. The molecule has 0 heterocycles.